The highest BCUT2D eigenvalue weighted by molar-refractivity contribution is 14.1. The molecule has 1 aromatic carbocycles. The van der Waals surface area contributed by atoms with Gasteiger partial charge in [0.05, 0.1) is 11.1 Å². The molecule has 0 aliphatic rings. The second kappa shape index (κ2) is 3.75. The van der Waals surface area contributed by atoms with Crippen LogP contribution in [0.2, 0.25) is 0 Å². The Kier molecular flexibility index (Phi) is 2.88. The Hall–Kier alpha value is -1.09. The van der Waals surface area contributed by atoms with Gasteiger partial charge in [-0.1, -0.05) is 0 Å². The zero-order chi connectivity index (χ0) is 10.0. The molecule has 0 aromatic heterocycles. The minimum absolute atomic E-state index is 0.192. The van der Waals surface area contributed by atoms with E-state index in [0.717, 1.165) is 3.57 Å². The van der Waals surface area contributed by atoms with Crippen LogP contribution in [0.1, 0.15) is 21.5 Å². The highest BCUT2D eigenvalue weighted by atomic mass is 127. The van der Waals surface area contributed by atoms with Gasteiger partial charge in [-0.25, -0.2) is 4.79 Å². The Labute approximate surface area is 89.1 Å². The number of aromatic carboxylic acids is 1. The summed E-state index contributed by atoms with van der Waals surface area (Å²) in [6, 6.07) is 5.14. The van der Waals surface area contributed by atoms with Crippen molar-refractivity contribution < 1.29 is 9.90 Å². The van der Waals surface area contributed by atoms with Gasteiger partial charge in [0, 0.05) is 3.57 Å². The average molecular weight is 287 g/mol. The van der Waals surface area contributed by atoms with Gasteiger partial charge in [-0.05, 0) is 47.2 Å². The number of benzene rings is 1. The van der Waals surface area contributed by atoms with Crippen LogP contribution >= 0.6 is 22.6 Å². The number of nitrogens with zero attached hydrogens (tertiary/aromatic N) is 1. The van der Waals surface area contributed by atoms with E-state index in [0.29, 0.717) is 11.1 Å². The normalized spacial score (nSPS) is 9.31. The van der Waals surface area contributed by atoms with Crippen molar-refractivity contribution in [3.05, 3.63) is 32.4 Å². The van der Waals surface area contributed by atoms with Crippen LogP contribution in [-0.4, -0.2) is 11.1 Å². The Balaban J connectivity index is 3.47. The molecule has 0 heterocycles. The van der Waals surface area contributed by atoms with Crippen molar-refractivity contribution in [3.8, 4) is 6.07 Å². The van der Waals surface area contributed by atoms with Crippen LogP contribution in [0.25, 0.3) is 0 Å². The molecule has 13 heavy (non-hydrogen) atoms. The Morgan fingerprint density at radius 3 is 2.69 bits per heavy atom. The molecule has 0 saturated heterocycles. The van der Waals surface area contributed by atoms with E-state index in [-0.39, 0.29) is 5.56 Å². The van der Waals surface area contributed by atoms with Gasteiger partial charge in [0.15, 0.2) is 0 Å². The molecule has 0 atom stereocenters. The van der Waals surface area contributed by atoms with E-state index in [1.54, 1.807) is 13.0 Å². The lowest BCUT2D eigenvalue weighted by Gasteiger charge is -2.03. The standard InChI is InChI=1S/C9H6INO2/c1-5-6(9(12)13)2-3-8(10)7(5)4-11/h2-3H,1H3,(H,12,13). The monoisotopic (exact) mass is 287 g/mol. The third kappa shape index (κ3) is 1.80. The summed E-state index contributed by atoms with van der Waals surface area (Å²) in [5.41, 5.74) is 1.17. The van der Waals surface area contributed by atoms with Crippen molar-refractivity contribution in [1.82, 2.24) is 0 Å². The molecule has 0 unspecified atom stereocenters. The van der Waals surface area contributed by atoms with E-state index in [2.05, 4.69) is 0 Å². The fraction of sp³-hybridized carbons (Fsp3) is 0.111. The fourth-order valence-electron chi connectivity index (χ4n) is 1.05. The molecular weight excluding hydrogens is 281 g/mol. The number of hydrogen-bond donors (Lipinski definition) is 1. The van der Waals surface area contributed by atoms with E-state index in [1.165, 1.54) is 6.07 Å². The molecule has 1 rings (SSSR count). The number of carbonyl (C=O) groups is 1. The number of nitriles is 1. The summed E-state index contributed by atoms with van der Waals surface area (Å²) in [5, 5.41) is 17.5. The SMILES string of the molecule is Cc1c(C(=O)O)ccc(I)c1C#N. The lowest BCUT2D eigenvalue weighted by atomic mass is 10.0. The molecule has 4 heteroatoms. The van der Waals surface area contributed by atoms with Crippen molar-refractivity contribution in [3.63, 3.8) is 0 Å². The Morgan fingerprint density at radius 1 is 1.62 bits per heavy atom. The number of halogens is 1. The van der Waals surface area contributed by atoms with Crippen LogP contribution in [-0.2, 0) is 0 Å². The molecule has 0 amide bonds. The zero-order valence-corrected chi connectivity index (χ0v) is 8.99. The summed E-state index contributed by atoms with van der Waals surface area (Å²) < 4.78 is 0.780. The van der Waals surface area contributed by atoms with E-state index >= 15 is 0 Å². The molecule has 3 nitrogen and oxygen atoms in total. The highest BCUT2D eigenvalue weighted by Gasteiger charge is 2.12. The van der Waals surface area contributed by atoms with Crippen LogP contribution in [0.15, 0.2) is 12.1 Å². The Morgan fingerprint density at radius 2 is 2.23 bits per heavy atom. The fourth-order valence-corrected chi connectivity index (χ4v) is 1.75. The summed E-state index contributed by atoms with van der Waals surface area (Å²) in [5.74, 6) is -0.995. The summed E-state index contributed by atoms with van der Waals surface area (Å²) in [4.78, 5) is 10.7. The van der Waals surface area contributed by atoms with Gasteiger partial charge in [0.2, 0.25) is 0 Å². The molecule has 0 fully saturated rings. The maximum atomic E-state index is 10.7. The lowest BCUT2D eigenvalue weighted by molar-refractivity contribution is 0.0696. The molecule has 0 saturated carbocycles. The lowest BCUT2D eigenvalue weighted by Crippen LogP contribution is -2.02. The minimum atomic E-state index is -0.995. The topological polar surface area (TPSA) is 61.1 Å². The Bertz CT molecular complexity index is 407. The van der Waals surface area contributed by atoms with Crippen molar-refractivity contribution in [2.24, 2.45) is 0 Å². The predicted octanol–water partition coefficient (Wildman–Crippen LogP) is 2.17. The molecule has 0 aliphatic carbocycles. The molecule has 1 N–H and O–H groups in total. The number of rotatable bonds is 1. The van der Waals surface area contributed by atoms with E-state index < -0.39 is 5.97 Å². The number of carboxylic acid groups (broad SMARTS) is 1. The van der Waals surface area contributed by atoms with Gasteiger partial charge in [0.25, 0.3) is 0 Å². The van der Waals surface area contributed by atoms with E-state index in [9.17, 15) is 4.79 Å². The molecule has 0 aliphatic heterocycles. The highest BCUT2D eigenvalue weighted by Crippen LogP contribution is 2.19. The second-order valence-corrected chi connectivity index (χ2v) is 3.67. The summed E-state index contributed by atoms with van der Waals surface area (Å²) in [7, 11) is 0. The molecule has 0 spiro atoms. The van der Waals surface area contributed by atoms with Gasteiger partial charge in [-0.15, -0.1) is 0 Å². The third-order valence-corrected chi connectivity index (χ3v) is 2.66. The molecular formula is C9H6INO2. The molecule has 66 valence electrons. The van der Waals surface area contributed by atoms with Crippen LogP contribution in [0.4, 0.5) is 0 Å². The van der Waals surface area contributed by atoms with Crippen LogP contribution in [0.3, 0.4) is 0 Å². The summed E-state index contributed by atoms with van der Waals surface area (Å²) in [6.45, 7) is 1.64. The second-order valence-electron chi connectivity index (χ2n) is 2.51. The summed E-state index contributed by atoms with van der Waals surface area (Å²) in [6.07, 6.45) is 0. The van der Waals surface area contributed by atoms with Crippen LogP contribution in [0.5, 0.6) is 0 Å². The first-order valence-corrected chi connectivity index (χ1v) is 4.58. The molecule has 0 radical (unpaired) electrons. The number of carboxylic acids is 1. The van der Waals surface area contributed by atoms with Gasteiger partial charge in [-0.2, -0.15) is 5.26 Å². The van der Waals surface area contributed by atoms with Gasteiger partial charge in [-0.3, -0.25) is 0 Å². The average Bonchev–Trinajstić information content (AvgIpc) is 2.04. The van der Waals surface area contributed by atoms with Gasteiger partial charge >= 0.3 is 5.97 Å². The maximum absolute atomic E-state index is 10.7. The minimum Gasteiger partial charge on any atom is -0.478 e. The van der Waals surface area contributed by atoms with Gasteiger partial charge < -0.3 is 5.11 Å². The molecule has 0 bridgehead atoms. The van der Waals surface area contributed by atoms with Crippen molar-refractivity contribution in [2.75, 3.05) is 0 Å². The molecule has 1 aromatic rings. The largest absolute Gasteiger partial charge is 0.478 e. The van der Waals surface area contributed by atoms with E-state index in [4.69, 9.17) is 10.4 Å². The van der Waals surface area contributed by atoms with Crippen molar-refractivity contribution in [2.45, 2.75) is 6.92 Å². The number of hydrogen-bond acceptors (Lipinski definition) is 2. The first-order chi connectivity index (χ1) is 6.07. The zero-order valence-electron chi connectivity index (χ0n) is 6.84. The van der Waals surface area contributed by atoms with Crippen LogP contribution < -0.4 is 0 Å². The predicted molar refractivity (Wildman–Crippen MR) is 55.6 cm³/mol. The first kappa shape index (κ1) is 9.99. The first-order valence-electron chi connectivity index (χ1n) is 3.50. The van der Waals surface area contributed by atoms with Gasteiger partial charge in [0.1, 0.15) is 6.07 Å². The third-order valence-electron chi connectivity index (χ3n) is 1.76. The maximum Gasteiger partial charge on any atom is 0.335 e. The smallest absolute Gasteiger partial charge is 0.335 e. The summed E-state index contributed by atoms with van der Waals surface area (Å²) >= 11 is 2.01. The quantitative estimate of drug-likeness (QED) is 0.805. The van der Waals surface area contributed by atoms with Crippen molar-refractivity contribution in [1.29, 1.82) is 5.26 Å². The van der Waals surface area contributed by atoms with Crippen molar-refractivity contribution >= 4 is 28.6 Å². The van der Waals surface area contributed by atoms with Crippen LogP contribution in [0, 0.1) is 21.8 Å². The van der Waals surface area contributed by atoms with E-state index in [1.807, 2.05) is 28.7 Å².